The van der Waals surface area contributed by atoms with Crippen LogP contribution in [0.3, 0.4) is 0 Å². The van der Waals surface area contributed by atoms with E-state index in [2.05, 4.69) is 10.1 Å². The van der Waals surface area contributed by atoms with Crippen LogP contribution in [0.5, 0.6) is 0 Å². The standard InChI is InChI=1S/C7H7ClN2O/c1-5(10-11)6-2-3-9-7(8)4-6/h2-4,11H,1H3/b10-5+. The summed E-state index contributed by atoms with van der Waals surface area (Å²) < 4.78 is 0. The number of halogens is 1. The van der Waals surface area contributed by atoms with E-state index >= 15 is 0 Å². The summed E-state index contributed by atoms with van der Waals surface area (Å²) in [5.74, 6) is 0. The van der Waals surface area contributed by atoms with Crippen LogP contribution in [0.2, 0.25) is 5.15 Å². The van der Waals surface area contributed by atoms with Gasteiger partial charge in [-0.1, -0.05) is 16.8 Å². The van der Waals surface area contributed by atoms with Crippen molar-refractivity contribution in [2.45, 2.75) is 6.92 Å². The zero-order valence-electron chi connectivity index (χ0n) is 5.95. The minimum Gasteiger partial charge on any atom is -0.411 e. The summed E-state index contributed by atoms with van der Waals surface area (Å²) in [5, 5.41) is 11.8. The van der Waals surface area contributed by atoms with Crippen molar-refractivity contribution in [3.05, 3.63) is 29.0 Å². The first-order chi connectivity index (χ1) is 5.24. The zero-order valence-corrected chi connectivity index (χ0v) is 6.71. The van der Waals surface area contributed by atoms with Crippen LogP contribution in [0.4, 0.5) is 0 Å². The van der Waals surface area contributed by atoms with E-state index in [0.29, 0.717) is 10.9 Å². The summed E-state index contributed by atoms with van der Waals surface area (Å²) in [4.78, 5) is 3.79. The summed E-state index contributed by atoms with van der Waals surface area (Å²) >= 11 is 5.60. The molecule has 0 fully saturated rings. The molecule has 11 heavy (non-hydrogen) atoms. The van der Waals surface area contributed by atoms with Crippen molar-refractivity contribution in [3.8, 4) is 0 Å². The molecule has 0 aliphatic heterocycles. The van der Waals surface area contributed by atoms with Gasteiger partial charge in [0.1, 0.15) is 5.15 Å². The second-order valence-electron chi connectivity index (χ2n) is 2.05. The quantitative estimate of drug-likeness (QED) is 0.303. The molecule has 0 unspecified atom stereocenters. The highest BCUT2D eigenvalue weighted by molar-refractivity contribution is 6.29. The van der Waals surface area contributed by atoms with Crippen LogP contribution in [0, 0.1) is 0 Å². The van der Waals surface area contributed by atoms with E-state index in [0.717, 1.165) is 5.56 Å². The lowest BCUT2D eigenvalue weighted by molar-refractivity contribution is 0.319. The van der Waals surface area contributed by atoms with Crippen LogP contribution < -0.4 is 0 Å². The van der Waals surface area contributed by atoms with Crippen LogP contribution in [0.25, 0.3) is 0 Å². The van der Waals surface area contributed by atoms with Crippen LogP contribution >= 0.6 is 11.6 Å². The molecule has 0 radical (unpaired) electrons. The lowest BCUT2D eigenvalue weighted by Crippen LogP contribution is -1.94. The van der Waals surface area contributed by atoms with E-state index < -0.39 is 0 Å². The lowest BCUT2D eigenvalue weighted by Gasteiger charge is -1.96. The minimum absolute atomic E-state index is 0.394. The van der Waals surface area contributed by atoms with E-state index in [1.165, 1.54) is 0 Å². The third kappa shape index (κ3) is 1.91. The average molecular weight is 171 g/mol. The van der Waals surface area contributed by atoms with Crippen molar-refractivity contribution in [2.75, 3.05) is 0 Å². The van der Waals surface area contributed by atoms with Gasteiger partial charge in [0, 0.05) is 11.8 Å². The molecule has 1 heterocycles. The Bertz CT molecular complexity index is 286. The Morgan fingerprint density at radius 2 is 2.45 bits per heavy atom. The molecule has 0 aliphatic carbocycles. The number of hydrogen-bond acceptors (Lipinski definition) is 3. The SMILES string of the molecule is C/C(=N\O)c1ccnc(Cl)c1. The predicted octanol–water partition coefficient (Wildman–Crippen LogP) is 1.93. The van der Waals surface area contributed by atoms with Gasteiger partial charge in [0.05, 0.1) is 5.71 Å². The number of hydrogen-bond donors (Lipinski definition) is 1. The summed E-state index contributed by atoms with van der Waals surface area (Å²) in [5.41, 5.74) is 1.29. The van der Waals surface area contributed by atoms with Gasteiger partial charge in [-0.25, -0.2) is 4.98 Å². The summed E-state index contributed by atoms with van der Waals surface area (Å²) in [6, 6.07) is 3.36. The monoisotopic (exact) mass is 170 g/mol. The van der Waals surface area contributed by atoms with Gasteiger partial charge in [0.15, 0.2) is 0 Å². The molecule has 0 saturated carbocycles. The number of pyridine rings is 1. The van der Waals surface area contributed by atoms with E-state index in [9.17, 15) is 0 Å². The van der Waals surface area contributed by atoms with Gasteiger partial charge in [0.2, 0.25) is 0 Å². The zero-order chi connectivity index (χ0) is 8.27. The Morgan fingerprint density at radius 1 is 1.73 bits per heavy atom. The molecule has 0 amide bonds. The molecule has 0 saturated heterocycles. The molecule has 1 N–H and O–H groups in total. The fourth-order valence-corrected chi connectivity index (χ4v) is 0.859. The second-order valence-corrected chi connectivity index (χ2v) is 2.44. The molecule has 1 aromatic rings. The van der Waals surface area contributed by atoms with Crippen molar-refractivity contribution >= 4 is 17.3 Å². The highest BCUT2D eigenvalue weighted by Gasteiger charge is 1.97. The van der Waals surface area contributed by atoms with E-state index in [-0.39, 0.29) is 0 Å². The topological polar surface area (TPSA) is 45.5 Å². The Labute approximate surface area is 69.3 Å². The molecule has 1 aromatic heterocycles. The van der Waals surface area contributed by atoms with E-state index in [1.54, 1.807) is 25.3 Å². The third-order valence-corrected chi connectivity index (χ3v) is 1.50. The van der Waals surface area contributed by atoms with Gasteiger partial charge in [-0.05, 0) is 19.1 Å². The van der Waals surface area contributed by atoms with Gasteiger partial charge < -0.3 is 5.21 Å². The molecule has 0 atom stereocenters. The Balaban J connectivity index is 3.06. The lowest BCUT2D eigenvalue weighted by atomic mass is 10.2. The molecule has 0 bridgehead atoms. The Kier molecular flexibility index (Phi) is 2.44. The first kappa shape index (κ1) is 8.01. The molecule has 0 aromatic carbocycles. The molecule has 3 nitrogen and oxygen atoms in total. The minimum atomic E-state index is 0.394. The van der Waals surface area contributed by atoms with Gasteiger partial charge >= 0.3 is 0 Å². The van der Waals surface area contributed by atoms with Gasteiger partial charge in [0.25, 0.3) is 0 Å². The van der Waals surface area contributed by atoms with Gasteiger partial charge in [-0.2, -0.15) is 0 Å². The number of oxime groups is 1. The maximum absolute atomic E-state index is 8.40. The van der Waals surface area contributed by atoms with Crippen molar-refractivity contribution in [1.82, 2.24) is 4.98 Å². The van der Waals surface area contributed by atoms with E-state index in [1.807, 2.05) is 0 Å². The van der Waals surface area contributed by atoms with Crippen molar-refractivity contribution in [3.63, 3.8) is 0 Å². The van der Waals surface area contributed by atoms with Crippen molar-refractivity contribution < 1.29 is 5.21 Å². The smallest absolute Gasteiger partial charge is 0.129 e. The molecular weight excluding hydrogens is 164 g/mol. The highest BCUT2D eigenvalue weighted by atomic mass is 35.5. The Hall–Kier alpha value is -1.09. The molecule has 4 heteroatoms. The Morgan fingerprint density at radius 3 is 3.00 bits per heavy atom. The number of nitrogens with zero attached hydrogens (tertiary/aromatic N) is 2. The van der Waals surface area contributed by atoms with Crippen LogP contribution in [-0.2, 0) is 0 Å². The van der Waals surface area contributed by atoms with Crippen LogP contribution in [0.15, 0.2) is 23.5 Å². The third-order valence-electron chi connectivity index (χ3n) is 1.29. The molecule has 0 spiro atoms. The molecular formula is C7H7ClN2O. The number of aromatic nitrogens is 1. The fraction of sp³-hybridized carbons (Fsp3) is 0.143. The van der Waals surface area contributed by atoms with Crippen LogP contribution in [0.1, 0.15) is 12.5 Å². The highest BCUT2D eigenvalue weighted by Crippen LogP contribution is 2.07. The van der Waals surface area contributed by atoms with Crippen LogP contribution in [-0.4, -0.2) is 15.9 Å². The normalized spacial score (nSPS) is 11.6. The second kappa shape index (κ2) is 3.34. The van der Waals surface area contributed by atoms with Crippen molar-refractivity contribution in [1.29, 1.82) is 0 Å². The van der Waals surface area contributed by atoms with Gasteiger partial charge in [-0.3, -0.25) is 0 Å². The maximum Gasteiger partial charge on any atom is 0.129 e. The summed E-state index contributed by atoms with van der Waals surface area (Å²) in [7, 11) is 0. The first-order valence-corrected chi connectivity index (χ1v) is 3.42. The summed E-state index contributed by atoms with van der Waals surface area (Å²) in [6.07, 6.45) is 1.56. The maximum atomic E-state index is 8.40. The summed E-state index contributed by atoms with van der Waals surface area (Å²) in [6.45, 7) is 1.69. The average Bonchev–Trinajstić information content (AvgIpc) is 2.03. The van der Waals surface area contributed by atoms with Gasteiger partial charge in [-0.15, -0.1) is 0 Å². The largest absolute Gasteiger partial charge is 0.411 e. The molecule has 0 aliphatic rings. The van der Waals surface area contributed by atoms with Crippen molar-refractivity contribution in [2.24, 2.45) is 5.16 Å². The fourth-order valence-electron chi connectivity index (χ4n) is 0.685. The molecule has 58 valence electrons. The first-order valence-electron chi connectivity index (χ1n) is 3.04. The van der Waals surface area contributed by atoms with E-state index in [4.69, 9.17) is 16.8 Å². The number of rotatable bonds is 1. The predicted molar refractivity (Wildman–Crippen MR) is 43.2 cm³/mol. The molecule has 1 rings (SSSR count).